The number of carbonyl (C=O) groups excluding carboxylic acids is 2. The molecule has 1 atom stereocenters. The molecule has 1 N–H and O–H groups in total. The van der Waals surface area contributed by atoms with Crippen LogP contribution in [0, 0.1) is 0 Å². The molecule has 0 aliphatic carbocycles. The molecule has 0 spiro atoms. The average Bonchev–Trinajstić information content (AvgIpc) is 3.56. The van der Waals surface area contributed by atoms with Gasteiger partial charge < -0.3 is 9.52 Å². The number of carbonyl (C=O) groups is 2. The molecule has 0 saturated heterocycles. The highest BCUT2D eigenvalue weighted by atomic mass is 35.5. The van der Waals surface area contributed by atoms with Gasteiger partial charge in [-0.05, 0) is 35.7 Å². The van der Waals surface area contributed by atoms with Crippen molar-refractivity contribution in [2.75, 3.05) is 4.90 Å². The highest BCUT2D eigenvalue weighted by Crippen LogP contribution is 2.44. The maximum Gasteiger partial charge on any atom is 0.296 e. The van der Waals surface area contributed by atoms with E-state index >= 15 is 0 Å². The zero-order valence-corrected chi connectivity index (χ0v) is 17.9. The van der Waals surface area contributed by atoms with Gasteiger partial charge in [-0.2, -0.15) is 0 Å². The van der Waals surface area contributed by atoms with Gasteiger partial charge in [0.1, 0.15) is 23.1 Å². The van der Waals surface area contributed by atoms with Crippen LogP contribution in [-0.2, 0) is 4.79 Å². The van der Waals surface area contributed by atoms with Crippen LogP contribution in [0.25, 0.3) is 11.3 Å². The zero-order chi connectivity index (χ0) is 21.5. The van der Waals surface area contributed by atoms with E-state index in [0.717, 1.165) is 16.9 Å². The number of benzene rings is 1. The van der Waals surface area contributed by atoms with Gasteiger partial charge in [0.25, 0.3) is 5.91 Å². The second kappa shape index (κ2) is 7.77. The van der Waals surface area contributed by atoms with Gasteiger partial charge in [-0.1, -0.05) is 41.1 Å². The van der Waals surface area contributed by atoms with Crippen molar-refractivity contribution < 1.29 is 19.1 Å². The molecule has 7 nitrogen and oxygen atoms in total. The number of ketones is 1. The summed E-state index contributed by atoms with van der Waals surface area (Å²) in [4.78, 5) is 27.8. The molecule has 1 aliphatic heterocycles. The fourth-order valence-electron chi connectivity index (χ4n) is 3.41. The van der Waals surface area contributed by atoms with E-state index in [9.17, 15) is 14.7 Å². The molecule has 1 amide bonds. The van der Waals surface area contributed by atoms with Crippen LogP contribution in [0.2, 0.25) is 5.02 Å². The number of Topliss-reactive ketones (excluding diaryl/α,β-unsaturated/α-hetero) is 1. The maximum atomic E-state index is 13.2. The summed E-state index contributed by atoms with van der Waals surface area (Å²) in [6.45, 7) is 0. The fraction of sp³-hybridized carbons (Fsp3) is 0.0476. The first-order valence-corrected chi connectivity index (χ1v) is 11.1. The molecule has 10 heteroatoms. The third-order valence-electron chi connectivity index (χ3n) is 4.76. The number of aliphatic hydroxyl groups is 1. The van der Waals surface area contributed by atoms with E-state index in [-0.39, 0.29) is 10.7 Å². The summed E-state index contributed by atoms with van der Waals surface area (Å²) in [7, 11) is 0. The normalized spacial score (nSPS) is 16.4. The fourth-order valence-corrected chi connectivity index (χ4v) is 4.87. The summed E-state index contributed by atoms with van der Waals surface area (Å²) in [5.74, 6) is -0.987. The first kappa shape index (κ1) is 19.7. The van der Waals surface area contributed by atoms with Crippen molar-refractivity contribution in [3.8, 4) is 11.3 Å². The quantitative estimate of drug-likeness (QED) is 0.398. The van der Waals surface area contributed by atoms with Crippen molar-refractivity contribution in [1.29, 1.82) is 0 Å². The third kappa shape index (κ3) is 3.36. The van der Waals surface area contributed by atoms with Crippen LogP contribution in [0.4, 0.5) is 5.13 Å². The Morgan fingerprint density at radius 3 is 2.74 bits per heavy atom. The zero-order valence-electron chi connectivity index (χ0n) is 15.6. The van der Waals surface area contributed by atoms with Crippen molar-refractivity contribution in [3.63, 3.8) is 0 Å². The van der Waals surface area contributed by atoms with Gasteiger partial charge in [-0.15, -0.1) is 21.5 Å². The summed E-state index contributed by atoms with van der Waals surface area (Å²) in [5.41, 5.74) is 2.15. The van der Waals surface area contributed by atoms with E-state index in [2.05, 4.69) is 10.2 Å². The lowest BCUT2D eigenvalue weighted by Gasteiger charge is -2.21. The predicted molar refractivity (Wildman–Crippen MR) is 118 cm³/mol. The Balaban J connectivity index is 1.63. The number of rotatable bonds is 5. The first-order chi connectivity index (χ1) is 15.0. The number of hydrogen-bond acceptors (Lipinski definition) is 8. The minimum atomic E-state index is -0.983. The monoisotopic (exact) mass is 469 g/mol. The molecule has 1 aliphatic rings. The second-order valence-corrected chi connectivity index (χ2v) is 8.78. The highest BCUT2D eigenvalue weighted by molar-refractivity contribution is 7.13. The summed E-state index contributed by atoms with van der Waals surface area (Å²) in [6.07, 6.45) is 0. The Morgan fingerprint density at radius 1 is 1.16 bits per heavy atom. The summed E-state index contributed by atoms with van der Waals surface area (Å²) < 4.78 is 6.04. The first-order valence-electron chi connectivity index (χ1n) is 9.01. The molecular weight excluding hydrogens is 458 g/mol. The number of amides is 1. The topological polar surface area (TPSA) is 96.5 Å². The second-order valence-electron chi connectivity index (χ2n) is 6.58. The number of anilines is 1. The van der Waals surface area contributed by atoms with Crippen LogP contribution in [0.3, 0.4) is 0 Å². The van der Waals surface area contributed by atoms with E-state index in [0.29, 0.717) is 21.4 Å². The number of hydrogen-bond donors (Lipinski definition) is 1. The smallest absolute Gasteiger partial charge is 0.296 e. The van der Waals surface area contributed by atoms with Gasteiger partial charge in [0, 0.05) is 10.6 Å². The van der Waals surface area contributed by atoms with Crippen LogP contribution in [0.5, 0.6) is 0 Å². The number of aliphatic hydroxyl groups excluding tert-OH is 1. The molecule has 0 saturated carbocycles. The lowest BCUT2D eigenvalue weighted by atomic mass is 10.0. The van der Waals surface area contributed by atoms with Crippen molar-refractivity contribution in [2.24, 2.45) is 0 Å². The van der Waals surface area contributed by atoms with Crippen LogP contribution in [0.1, 0.15) is 21.5 Å². The molecule has 0 fully saturated rings. The molecular formula is C21H12ClN3O4S2. The lowest BCUT2D eigenvalue weighted by Crippen LogP contribution is -2.30. The molecule has 5 rings (SSSR count). The Hall–Kier alpha value is -3.27. The van der Waals surface area contributed by atoms with Crippen LogP contribution < -0.4 is 4.90 Å². The van der Waals surface area contributed by atoms with E-state index in [1.165, 1.54) is 21.7 Å². The summed E-state index contributed by atoms with van der Waals surface area (Å²) in [6, 6.07) is 12.9. The number of thiophene rings is 1. The number of aromatic nitrogens is 2. The number of halogens is 1. The van der Waals surface area contributed by atoms with E-state index in [1.807, 2.05) is 6.07 Å². The summed E-state index contributed by atoms with van der Waals surface area (Å²) in [5, 5.41) is 20.9. The van der Waals surface area contributed by atoms with Gasteiger partial charge in [-0.3, -0.25) is 14.5 Å². The van der Waals surface area contributed by atoms with Crippen LogP contribution >= 0.6 is 34.3 Å². The van der Waals surface area contributed by atoms with Gasteiger partial charge in [-0.25, -0.2) is 0 Å². The van der Waals surface area contributed by atoms with Crippen molar-refractivity contribution in [3.05, 3.63) is 86.4 Å². The van der Waals surface area contributed by atoms with E-state index in [4.69, 9.17) is 16.0 Å². The molecule has 4 aromatic rings. The van der Waals surface area contributed by atoms with Crippen molar-refractivity contribution >= 4 is 51.1 Å². The molecule has 31 heavy (non-hydrogen) atoms. The Labute approximate surface area is 188 Å². The minimum Gasteiger partial charge on any atom is -0.503 e. The van der Waals surface area contributed by atoms with E-state index in [1.54, 1.807) is 47.8 Å². The Morgan fingerprint density at radius 2 is 2.03 bits per heavy atom. The summed E-state index contributed by atoms with van der Waals surface area (Å²) >= 11 is 8.43. The predicted octanol–water partition coefficient (Wildman–Crippen LogP) is 5.30. The van der Waals surface area contributed by atoms with Crippen LogP contribution in [-0.4, -0.2) is 27.0 Å². The Bertz CT molecular complexity index is 1310. The molecule has 0 radical (unpaired) electrons. The number of nitrogens with zero attached hydrogens (tertiary/aromatic N) is 3. The van der Waals surface area contributed by atoms with Crippen molar-refractivity contribution in [1.82, 2.24) is 10.2 Å². The van der Waals surface area contributed by atoms with Crippen molar-refractivity contribution in [2.45, 2.75) is 6.04 Å². The molecule has 154 valence electrons. The largest absolute Gasteiger partial charge is 0.503 e. The van der Waals surface area contributed by atoms with E-state index < -0.39 is 23.5 Å². The SMILES string of the molecule is O=C(C1=C(O)C(=O)N(c2nncs2)C1c1ccc(-c2cccc(Cl)c2)o1)c1cccs1. The van der Waals surface area contributed by atoms with Gasteiger partial charge in [0.05, 0.1) is 10.5 Å². The molecule has 1 unspecified atom stereocenters. The standard InChI is InChI=1S/C21H12ClN3O4S2/c22-12-4-1-3-11(9-12)13-6-7-14(29-13)17-16(18(26)15-5-2-8-30-15)19(27)20(28)25(17)21-24-23-10-31-21/h1-10,17,27H. The lowest BCUT2D eigenvalue weighted by molar-refractivity contribution is -0.117. The molecule has 0 bridgehead atoms. The molecule has 4 heterocycles. The third-order valence-corrected chi connectivity index (χ3v) is 6.55. The van der Waals surface area contributed by atoms with Crippen LogP contribution in [0.15, 0.2) is 75.2 Å². The average molecular weight is 470 g/mol. The number of furan rings is 1. The van der Waals surface area contributed by atoms with Gasteiger partial charge in [0.15, 0.2) is 5.76 Å². The molecule has 1 aromatic carbocycles. The maximum absolute atomic E-state index is 13.2. The Kier molecular flexibility index (Phi) is 4.93. The van der Waals surface area contributed by atoms with Gasteiger partial charge >= 0.3 is 0 Å². The highest BCUT2D eigenvalue weighted by Gasteiger charge is 2.47. The molecule has 3 aromatic heterocycles. The minimum absolute atomic E-state index is 0.0605. The van der Waals surface area contributed by atoms with Gasteiger partial charge in [0.2, 0.25) is 10.9 Å².